The fourth-order valence-electron chi connectivity index (χ4n) is 4.40. The monoisotopic (exact) mass is 532 g/mol. The number of ether oxygens (including phenoxy) is 2. The van der Waals surface area contributed by atoms with E-state index in [0.717, 1.165) is 32.9 Å². The second-order valence-electron chi connectivity index (χ2n) is 10.1. The summed E-state index contributed by atoms with van der Waals surface area (Å²) >= 11 is 0. The number of amides is 2. The van der Waals surface area contributed by atoms with Gasteiger partial charge < -0.3 is 30.5 Å². The zero-order valence-electron chi connectivity index (χ0n) is 21.9. The first-order chi connectivity index (χ1) is 18.6. The molecule has 10 nitrogen and oxygen atoms in total. The molecule has 4 rings (SSSR count). The van der Waals surface area contributed by atoms with Gasteiger partial charge in [-0.15, -0.1) is 0 Å². The molecular weight excluding hydrogens is 500 g/mol. The highest BCUT2D eigenvalue weighted by molar-refractivity contribution is 5.90. The molecule has 0 saturated heterocycles. The van der Waals surface area contributed by atoms with E-state index in [9.17, 15) is 19.2 Å². The third-order valence-electron chi connectivity index (χ3n) is 6.49. The van der Waals surface area contributed by atoms with Crippen molar-refractivity contribution in [3.05, 3.63) is 72.1 Å². The van der Waals surface area contributed by atoms with E-state index in [1.807, 2.05) is 48.5 Å². The summed E-state index contributed by atoms with van der Waals surface area (Å²) in [5.41, 5.74) is 7.40. The minimum atomic E-state index is -1.29. The van der Waals surface area contributed by atoms with Crippen molar-refractivity contribution in [2.75, 3.05) is 13.2 Å². The second kappa shape index (κ2) is 11.8. The molecule has 4 aromatic rings. The third kappa shape index (κ3) is 6.84. The molecule has 0 aliphatic carbocycles. The van der Waals surface area contributed by atoms with E-state index in [-0.39, 0.29) is 32.4 Å². The number of nitrogens with one attached hydrogen (secondary N) is 3. The summed E-state index contributed by atoms with van der Waals surface area (Å²) < 4.78 is 11.2. The second-order valence-corrected chi connectivity index (χ2v) is 10.1. The molecule has 0 aliphatic rings. The van der Waals surface area contributed by atoms with Crippen LogP contribution in [0.1, 0.15) is 31.4 Å². The van der Waals surface area contributed by atoms with E-state index in [2.05, 4.69) is 15.3 Å². The lowest BCUT2D eigenvalue weighted by atomic mass is 9.86. The maximum atomic E-state index is 13.1. The van der Waals surface area contributed by atoms with Crippen LogP contribution in [0.25, 0.3) is 21.8 Å². The van der Waals surface area contributed by atoms with Crippen LogP contribution in [0.15, 0.2) is 60.9 Å². The highest BCUT2D eigenvalue weighted by Crippen LogP contribution is 2.27. The molecule has 39 heavy (non-hydrogen) atoms. The Morgan fingerprint density at radius 1 is 0.872 bits per heavy atom. The fourth-order valence-corrected chi connectivity index (χ4v) is 4.40. The largest absolute Gasteiger partial charge is 0.465 e. The first-order valence-corrected chi connectivity index (χ1v) is 12.6. The van der Waals surface area contributed by atoms with Gasteiger partial charge >= 0.3 is 11.9 Å². The zero-order valence-corrected chi connectivity index (χ0v) is 21.9. The predicted octanol–water partition coefficient (Wildman–Crippen LogP) is 2.91. The number of nitrogens with two attached hydrogens (primary N) is 1. The lowest BCUT2D eigenvalue weighted by Gasteiger charge is -2.32. The summed E-state index contributed by atoms with van der Waals surface area (Å²) in [6.07, 6.45) is 2.11. The van der Waals surface area contributed by atoms with Crippen LogP contribution in [0.2, 0.25) is 0 Å². The van der Waals surface area contributed by atoms with Gasteiger partial charge in [0.25, 0.3) is 5.91 Å². The molecule has 10 heteroatoms. The molecule has 0 radical (unpaired) electrons. The molecule has 1 atom stereocenters. The Bertz CT molecular complexity index is 1500. The Hall–Kier alpha value is -4.60. The standard InChI is InChI=1S/C29H32N4O6/c1-29(2,17-38-25(35)13-18-15-32-22-9-5-3-7-20(18)22)27(28(37)31-12-11-24(30)34)39-26(36)14-19-16-33-23-10-6-4-8-21(19)23/h3-10,15-16,27,32-33H,11-14,17H2,1-2H3,(H2,30,34)(H,31,37). The molecule has 204 valence electrons. The minimum Gasteiger partial charge on any atom is -0.465 e. The quantitative estimate of drug-likeness (QED) is 0.206. The average Bonchev–Trinajstić information content (AvgIpc) is 3.50. The lowest BCUT2D eigenvalue weighted by molar-refractivity contribution is -0.168. The van der Waals surface area contributed by atoms with E-state index >= 15 is 0 Å². The van der Waals surface area contributed by atoms with Crippen LogP contribution in [-0.4, -0.2) is 53.0 Å². The number of para-hydroxylation sites is 2. The molecule has 0 fully saturated rings. The topological polar surface area (TPSA) is 156 Å². The number of benzene rings is 2. The van der Waals surface area contributed by atoms with Crippen molar-refractivity contribution in [2.24, 2.45) is 11.1 Å². The zero-order chi connectivity index (χ0) is 28.0. The first-order valence-electron chi connectivity index (χ1n) is 12.6. The number of esters is 2. The Morgan fingerprint density at radius 3 is 1.97 bits per heavy atom. The molecule has 0 spiro atoms. The molecule has 0 bridgehead atoms. The molecule has 0 saturated carbocycles. The van der Waals surface area contributed by atoms with Gasteiger partial charge in [-0.3, -0.25) is 19.2 Å². The number of primary amides is 1. The van der Waals surface area contributed by atoms with Gasteiger partial charge in [0.2, 0.25) is 5.91 Å². The van der Waals surface area contributed by atoms with Crippen LogP contribution in [0, 0.1) is 5.41 Å². The van der Waals surface area contributed by atoms with Crippen molar-refractivity contribution < 1.29 is 28.7 Å². The number of carbonyl (C=O) groups excluding carboxylic acids is 4. The van der Waals surface area contributed by atoms with Gasteiger partial charge in [-0.1, -0.05) is 50.2 Å². The Kier molecular flexibility index (Phi) is 8.33. The van der Waals surface area contributed by atoms with Gasteiger partial charge in [0.15, 0.2) is 6.10 Å². The predicted molar refractivity (Wildman–Crippen MR) is 145 cm³/mol. The first kappa shape index (κ1) is 27.4. The van der Waals surface area contributed by atoms with Crippen molar-refractivity contribution in [1.82, 2.24) is 15.3 Å². The average molecular weight is 533 g/mol. The molecule has 2 aromatic carbocycles. The summed E-state index contributed by atoms with van der Waals surface area (Å²) in [5, 5.41) is 4.39. The Labute approximate surface area is 225 Å². The van der Waals surface area contributed by atoms with Gasteiger partial charge in [0, 0.05) is 52.6 Å². The van der Waals surface area contributed by atoms with Crippen molar-refractivity contribution in [3.63, 3.8) is 0 Å². The maximum absolute atomic E-state index is 13.1. The summed E-state index contributed by atoms with van der Waals surface area (Å²) in [6.45, 7) is 3.15. The SMILES string of the molecule is CC(C)(COC(=O)Cc1c[nH]c2ccccc12)C(OC(=O)Cc1c[nH]c2ccccc12)C(=O)NCCC(N)=O. The van der Waals surface area contributed by atoms with Gasteiger partial charge in [0.05, 0.1) is 12.8 Å². The number of hydrogen-bond donors (Lipinski definition) is 4. The van der Waals surface area contributed by atoms with E-state index < -0.39 is 35.3 Å². The Morgan fingerprint density at radius 2 is 1.41 bits per heavy atom. The van der Waals surface area contributed by atoms with Gasteiger partial charge in [-0.2, -0.15) is 0 Å². The number of aromatic nitrogens is 2. The summed E-state index contributed by atoms with van der Waals surface area (Å²) in [4.78, 5) is 56.1. The molecule has 1 unspecified atom stereocenters. The van der Waals surface area contributed by atoms with Crippen LogP contribution < -0.4 is 11.1 Å². The smallest absolute Gasteiger partial charge is 0.311 e. The van der Waals surface area contributed by atoms with Gasteiger partial charge in [-0.25, -0.2) is 0 Å². The number of aromatic amines is 2. The number of hydrogen-bond acceptors (Lipinski definition) is 6. The molecule has 2 heterocycles. The van der Waals surface area contributed by atoms with Crippen molar-refractivity contribution >= 4 is 45.6 Å². The van der Waals surface area contributed by atoms with Gasteiger partial charge in [-0.05, 0) is 23.3 Å². The number of rotatable bonds is 12. The normalized spacial score (nSPS) is 12.3. The van der Waals surface area contributed by atoms with E-state index in [4.69, 9.17) is 15.2 Å². The van der Waals surface area contributed by atoms with Crippen molar-refractivity contribution in [2.45, 2.75) is 39.2 Å². The van der Waals surface area contributed by atoms with Crippen molar-refractivity contribution in [3.8, 4) is 0 Å². The van der Waals surface area contributed by atoms with E-state index in [1.54, 1.807) is 26.2 Å². The van der Waals surface area contributed by atoms with Crippen LogP contribution in [-0.2, 0) is 41.5 Å². The molecule has 2 amide bonds. The Balaban J connectivity index is 1.43. The van der Waals surface area contributed by atoms with Crippen LogP contribution in [0.5, 0.6) is 0 Å². The number of carbonyl (C=O) groups is 4. The highest BCUT2D eigenvalue weighted by atomic mass is 16.6. The van der Waals surface area contributed by atoms with E-state index in [1.165, 1.54) is 0 Å². The number of H-pyrrole nitrogens is 2. The lowest BCUT2D eigenvalue weighted by Crippen LogP contribution is -2.49. The summed E-state index contributed by atoms with van der Waals surface area (Å²) in [6, 6.07) is 15.2. The highest BCUT2D eigenvalue weighted by Gasteiger charge is 2.40. The number of fused-ring (bicyclic) bond motifs is 2. The fraction of sp³-hybridized carbons (Fsp3) is 0.310. The molecule has 5 N–H and O–H groups in total. The summed E-state index contributed by atoms with van der Waals surface area (Å²) in [7, 11) is 0. The van der Waals surface area contributed by atoms with Gasteiger partial charge in [0.1, 0.15) is 6.61 Å². The van der Waals surface area contributed by atoms with Crippen LogP contribution in [0.3, 0.4) is 0 Å². The van der Waals surface area contributed by atoms with Crippen LogP contribution in [0.4, 0.5) is 0 Å². The maximum Gasteiger partial charge on any atom is 0.311 e. The minimum absolute atomic E-state index is 0.0128. The third-order valence-corrected chi connectivity index (χ3v) is 6.49. The van der Waals surface area contributed by atoms with E-state index in [0.29, 0.717) is 0 Å². The molecular formula is C29H32N4O6. The summed E-state index contributed by atoms with van der Waals surface area (Å²) in [5.74, 6) is -2.28. The molecule has 2 aromatic heterocycles. The van der Waals surface area contributed by atoms with Crippen molar-refractivity contribution in [1.29, 1.82) is 0 Å². The molecule has 0 aliphatic heterocycles. The van der Waals surface area contributed by atoms with Crippen LogP contribution >= 0.6 is 0 Å².